The van der Waals surface area contributed by atoms with E-state index in [0.29, 0.717) is 21.8 Å². The van der Waals surface area contributed by atoms with E-state index in [-0.39, 0.29) is 0 Å². The van der Waals surface area contributed by atoms with Gasteiger partial charge >= 0.3 is 0 Å². The Morgan fingerprint density at radius 1 is 1.60 bits per heavy atom. The molecule has 82 valence electrons. The predicted molar refractivity (Wildman–Crippen MR) is 59.3 cm³/mol. The molecule has 0 amide bonds. The fourth-order valence-corrected chi connectivity index (χ4v) is 3.10. The maximum atomic E-state index is 11.9. The molecule has 1 fully saturated rings. The normalized spacial score (nSPS) is 22.9. The van der Waals surface area contributed by atoms with Gasteiger partial charge in [-0.1, -0.05) is 11.6 Å². The summed E-state index contributed by atoms with van der Waals surface area (Å²) in [5, 5.41) is 4.12. The van der Waals surface area contributed by atoms with E-state index < -0.39 is 10.8 Å². The molecule has 0 radical (unpaired) electrons. The Hall–Kier alpha value is -0.520. The minimum atomic E-state index is -1.06. The highest BCUT2D eigenvalue weighted by Crippen LogP contribution is 2.14. The number of aromatic nitrogens is 2. The van der Waals surface area contributed by atoms with Crippen LogP contribution in [0.25, 0.3) is 0 Å². The summed E-state index contributed by atoms with van der Waals surface area (Å²) in [7, 11) is -1.06. The third-order valence-corrected chi connectivity index (χ3v) is 4.06. The van der Waals surface area contributed by atoms with Crippen molar-refractivity contribution in [2.75, 3.05) is 18.8 Å². The summed E-state index contributed by atoms with van der Waals surface area (Å²) in [5.74, 6) is 1.14. The highest BCUT2D eigenvalue weighted by Gasteiger charge is 2.18. The van der Waals surface area contributed by atoms with E-state index in [1.807, 2.05) is 0 Å². The van der Waals surface area contributed by atoms with Crippen LogP contribution in [0, 0.1) is 5.92 Å². The zero-order chi connectivity index (χ0) is 10.7. The Labute approximate surface area is 95.9 Å². The van der Waals surface area contributed by atoms with Crippen molar-refractivity contribution < 1.29 is 4.21 Å². The highest BCUT2D eigenvalue weighted by molar-refractivity contribution is 7.85. The van der Waals surface area contributed by atoms with E-state index in [2.05, 4.69) is 15.3 Å². The second-order valence-electron chi connectivity index (χ2n) is 3.55. The molecule has 1 N–H and O–H groups in total. The van der Waals surface area contributed by atoms with Crippen molar-refractivity contribution in [3.8, 4) is 0 Å². The molecule has 2 atom stereocenters. The van der Waals surface area contributed by atoms with Crippen molar-refractivity contribution in [3.63, 3.8) is 0 Å². The molecule has 15 heavy (non-hydrogen) atoms. The van der Waals surface area contributed by atoms with Gasteiger partial charge in [-0.05, 0) is 25.4 Å². The lowest BCUT2D eigenvalue weighted by atomic mass is 10.2. The Morgan fingerprint density at radius 2 is 2.47 bits per heavy atom. The molecular weight excluding hydrogens is 234 g/mol. The molecule has 0 unspecified atom stereocenters. The van der Waals surface area contributed by atoms with Gasteiger partial charge in [0.25, 0.3) is 0 Å². The maximum absolute atomic E-state index is 11.9. The quantitative estimate of drug-likeness (QED) is 0.803. The SMILES string of the molecule is O=[S@@](C[C@H]1CCNC1)c1cc(Cl)ncn1. The van der Waals surface area contributed by atoms with Crippen LogP contribution in [0.5, 0.6) is 0 Å². The topological polar surface area (TPSA) is 54.9 Å². The number of rotatable bonds is 3. The van der Waals surface area contributed by atoms with E-state index in [0.717, 1.165) is 19.5 Å². The molecule has 0 bridgehead atoms. The molecule has 4 nitrogen and oxygen atoms in total. The lowest BCUT2D eigenvalue weighted by molar-refractivity contribution is 0.630. The molecule has 1 aliphatic heterocycles. The van der Waals surface area contributed by atoms with E-state index >= 15 is 0 Å². The van der Waals surface area contributed by atoms with Crippen molar-refractivity contribution in [3.05, 3.63) is 17.5 Å². The van der Waals surface area contributed by atoms with Gasteiger partial charge in [-0.15, -0.1) is 0 Å². The lowest BCUT2D eigenvalue weighted by Gasteiger charge is -2.06. The van der Waals surface area contributed by atoms with Crippen molar-refractivity contribution >= 4 is 22.4 Å². The van der Waals surface area contributed by atoms with Gasteiger partial charge in [0.1, 0.15) is 16.5 Å². The Bertz CT molecular complexity index is 368. The van der Waals surface area contributed by atoms with E-state index in [4.69, 9.17) is 11.6 Å². The molecule has 2 heterocycles. The van der Waals surface area contributed by atoms with Gasteiger partial charge in [0, 0.05) is 11.8 Å². The van der Waals surface area contributed by atoms with Crippen LogP contribution in [0.15, 0.2) is 17.4 Å². The van der Waals surface area contributed by atoms with Crippen LogP contribution in [0.3, 0.4) is 0 Å². The summed E-state index contributed by atoms with van der Waals surface area (Å²) in [4.78, 5) is 7.73. The van der Waals surface area contributed by atoms with Crippen LogP contribution in [0.1, 0.15) is 6.42 Å². The van der Waals surface area contributed by atoms with Crippen LogP contribution >= 0.6 is 11.6 Å². The lowest BCUT2D eigenvalue weighted by Crippen LogP contribution is -2.15. The Kier molecular flexibility index (Phi) is 3.66. The second-order valence-corrected chi connectivity index (χ2v) is 5.38. The summed E-state index contributed by atoms with van der Waals surface area (Å²) >= 11 is 5.71. The molecule has 6 heteroatoms. The fourth-order valence-electron chi connectivity index (χ4n) is 1.60. The van der Waals surface area contributed by atoms with Crippen LogP contribution in [0.4, 0.5) is 0 Å². The van der Waals surface area contributed by atoms with Crippen LogP contribution in [-0.2, 0) is 10.8 Å². The van der Waals surface area contributed by atoms with Crippen LogP contribution in [0.2, 0.25) is 5.15 Å². The third-order valence-electron chi connectivity index (χ3n) is 2.39. The van der Waals surface area contributed by atoms with E-state index in [1.54, 1.807) is 6.07 Å². The van der Waals surface area contributed by atoms with Gasteiger partial charge < -0.3 is 5.32 Å². The van der Waals surface area contributed by atoms with Gasteiger partial charge in [-0.2, -0.15) is 0 Å². The first-order valence-electron chi connectivity index (χ1n) is 4.82. The number of halogens is 1. The molecule has 0 saturated carbocycles. The van der Waals surface area contributed by atoms with Crippen molar-refractivity contribution in [2.45, 2.75) is 11.4 Å². The molecule has 0 spiro atoms. The smallest absolute Gasteiger partial charge is 0.133 e. The highest BCUT2D eigenvalue weighted by atomic mass is 35.5. The zero-order valence-electron chi connectivity index (χ0n) is 8.15. The van der Waals surface area contributed by atoms with Crippen molar-refractivity contribution in [1.82, 2.24) is 15.3 Å². The molecule has 1 aromatic rings. The minimum Gasteiger partial charge on any atom is -0.316 e. The van der Waals surface area contributed by atoms with Crippen LogP contribution in [-0.4, -0.2) is 33.0 Å². The average Bonchev–Trinajstić information content (AvgIpc) is 2.70. The Morgan fingerprint density at radius 3 is 3.13 bits per heavy atom. The molecule has 0 aromatic carbocycles. The first-order valence-corrected chi connectivity index (χ1v) is 6.52. The standard InChI is InChI=1S/C9H12ClN3OS/c10-8-3-9(13-6-12-8)15(14)5-7-1-2-11-4-7/h3,6-7,11H,1-2,4-5H2/t7-,15-/m0/s1. The van der Waals surface area contributed by atoms with Gasteiger partial charge in [0.05, 0.1) is 10.8 Å². The summed E-state index contributed by atoms with van der Waals surface area (Å²) in [6.45, 7) is 1.97. The first kappa shape index (κ1) is 11.0. The largest absolute Gasteiger partial charge is 0.316 e. The Balaban J connectivity index is 2.01. The monoisotopic (exact) mass is 245 g/mol. The van der Waals surface area contributed by atoms with Gasteiger partial charge in [-0.25, -0.2) is 9.97 Å². The number of nitrogens with zero attached hydrogens (tertiary/aromatic N) is 2. The zero-order valence-corrected chi connectivity index (χ0v) is 9.72. The first-order chi connectivity index (χ1) is 7.25. The third kappa shape index (κ3) is 2.96. The molecule has 0 aliphatic carbocycles. The summed E-state index contributed by atoms with van der Waals surface area (Å²) in [6, 6.07) is 1.57. The van der Waals surface area contributed by atoms with Gasteiger partial charge in [0.2, 0.25) is 0 Å². The molecule has 2 rings (SSSR count). The maximum Gasteiger partial charge on any atom is 0.133 e. The van der Waals surface area contributed by atoms with E-state index in [1.165, 1.54) is 6.33 Å². The summed E-state index contributed by atoms with van der Waals surface area (Å²) in [5.41, 5.74) is 0. The molecular formula is C9H12ClN3OS. The molecule has 1 aliphatic rings. The van der Waals surface area contributed by atoms with E-state index in [9.17, 15) is 4.21 Å². The summed E-state index contributed by atoms with van der Waals surface area (Å²) in [6.07, 6.45) is 2.44. The predicted octanol–water partition coefficient (Wildman–Crippen LogP) is 0.847. The average molecular weight is 246 g/mol. The number of hydrogen-bond donors (Lipinski definition) is 1. The fraction of sp³-hybridized carbons (Fsp3) is 0.556. The minimum absolute atomic E-state index is 0.345. The molecule has 1 aromatic heterocycles. The van der Waals surface area contributed by atoms with Crippen LogP contribution < -0.4 is 5.32 Å². The number of nitrogens with one attached hydrogen (secondary N) is 1. The van der Waals surface area contributed by atoms with Crippen molar-refractivity contribution in [2.24, 2.45) is 5.92 Å². The summed E-state index contributed by atoms with van der Waals surface area (Å²) < 4.78 is 11.9. The van der Waals surface area contributed by atoms with Crippen molar-refractivity contribution in [1.29, 1.82) is 0 Å². The molecule has 1 saturated heterocycles. The van der Waals surface area contributed by atoms with Gasteiger partial charge in [0.15, 0.2) is 0 Å². The second kappa shape index (κ2) is 5.01. The van der Waals surface area contributed by atoms with Gasteiger partial charge in [-0.3, -0.25) is 4.21 Å². The number of hydrogen-bond acceptors (Lipinski definition) is 4.